The van der Waals surface area contributed by atoms with Gasteiger partial charge in [0, 0.05) is 29.7 Å². The Balaban J connectivity index is 1.53. The molecule has 1 unspecified atom stereocenters. The summed E-state index contributed by atoms with van der Waals surface area (Å²) < 4.78 is 16.3. The Morgan fingerprint density at radius 1 is 0.667 bits per heavy atom. The van der Waals surface area contributed by atoms with Crippen LogP contribution < -0.4 is 0 Å². The van der Waals surface area contributed by atoms with Crippen LogP contribution in [0.2, 0.25) is 0 Å². The summed E-state index contributed by atoms with van der Waals surface area (Å²) in [6.07, 6.45) is 4.30. The Hall–Kier alpha value is -4.10. The Morgan fingerprint density at radius 3 is 2.00 bits per heavy atom. The topological polar surface area (TPSA) is 96.0 Å². The quantitative estimate of drug-likeness (QED) is 0.102. The molecule has 0 N–H and O–H groups in total. The molecule has 1 atom stereocenters. The SMILES string of the molecule is CCOC(=O)c1cccc(C(=O)c2cccc(CC(OCCCCCCc3ccc(C(C)=O)cc3)C(=O)OCC)c2)c1. The van der Waals surface area contributed by atoms with Crippen molar-refractivity contribution in [2.75, 3.05) is 19.8 Å². The molecule has 7 nitrogen and oxygen atoms in total. The monoisotopic (exact) mass is 572 g/mol. The number of rotatable bonds is 17. The highest BCUT2D eigenvalue weighted by atomic mass is 16.6. The number of esters is 2. The average Bonchev–Trinajstić information content (AvgIpc) is 3.00. The highest BCUT2D eigenvalue weighted by Gasteiger charge is 2.22. The van der Waals surface area contributed by atoms with Crippen molar-refractivity contribution >= 4 is 23.5 Å². The minimum Gasteiger partial charge on any atom is -0.464 e. The van der Waals surface area contributed by atoms with Gasteiger partial charge >= 0.3 is 11.9 Å². The smallest absolute Gasteiger partial charge is 0.338 e. The first-order chi connectivity index (χ1) is 20.3. The van der Waals surface area contributed by atoms with Crippen molar-refractivity contribution in [3.05, 3.63) is 106 Å². The lowest BCUT2D eigenvalue weighted by Gasteiger charge is -2.17. The summed E-state index contributed by atoms with van der Waals surface area (Å²) in [6.45, 7) is 5.98. The molecule has 0 saturated heterocycles. The van der Waals surface area contributed by atoms with Gasteiger partial charge in [0.25, 0.3) is 0 Å². The van der Waals surface area contributed by atoms with E-state index in [1.54, 1.807) is 57.2 Å². The van der Waals surface area contributed by atoms with Crippen LogP contribution in [0.3, 0.4) is 0 Å². The number of unbranched alkanes of at least 4 members (excludes halogenated alkanes) is 3. The van der Waals surface area contributed by atoms with Crippen LogP contribution in [0.25, 0.3) is 0 Å². The molecule has 7 heteroatoms. The number of hydrogen-bond donors (Lipinski definition) is 0. The van der Waals surface area contributed by atoms with E-state index in [-0.39, 0.29) is 31.2 Å². The molecule has 3 aromatic rings. The van der Waals surface area contributed by atoms with E-state index in [0.29, 0.717) is 23.3 Å². The van der Waals surface area contributed by atoms with Crippen molar-refractivity contribution in [3.8, 4) is 0 Å². The molecule has 0 bridgehead atoms. The largest absolute Gasteiger partial charge is 0.464 e. The highest BCUT2D eigenvalue weighted by molar-refractivity contribution is 6.10. The van der Waals surface area contributed by atoms with Gasteiger partial charge in [-0.2, -0.15) is 0 Å². The number of Topliss-reactive ketones (excluding diaryl/α,β-unsaturated/α-hetero) is 1. The molecule has 0 fully saturated rings. The zero-order valence-corrected chi connectivity index (χ0v) is 24.7. The first kappa shape index (κ1) is 32.4. The van der Waals surface area contributed by atoms with E-state index >= 15 is 0 Å². The number of carbonyl (C=O) groups is 4. The Kier molecular flexibility index (Phi) is 13.1. The van der Waals surface area contributed by atoms with Gasteiger partial charge in [0.2, 0.25) is 0 Å². The third kappa shape index (κ3) is 10.1. The van der Waals surface area contributed by atoms with E-state index in [9.17, 15) is 19.2 Å². The number of benzene rings is 3. The van der Waals surface area contributed by atoms with Gasteiger partial charge < -0.3 is 14.2 Å². The number of hydrogen-bond acceptors (Lipinski definition) is 7. The predicted octanol–water partition coefficient (Wildman–Crippen LogP) is 6.59. The van der Waals surface area contributed by atoms with Crippen LogP contribution in [-0.4, -0.2) is 49.4 Å². The molecular formula is C35H40O7. The standard InChI is InChI=1S/C35H40O7/c1-4-40-34(38)31-16-11-15-30(24-31)33(37)29-14-10-13-27(22-29)23-32(35(39)41-5-2)42-21-9-7-6-8-12-26-17-19-28(20-18-26)25(3)36/h10-11,13-20,22,24,32H,4-9,12,21,23H2,1-3H3. The van der Waals surface area contributed by atoms with Crippen molar-refractivity contribution in [2.45, 2.75) is 65.4 Å². The van der Waals surface area contributed by atoms with Gasteiger partial charge in [-0.1, -0.05) is 67.4 Å². The van der Waals surface area contributed by atoms with Crippen LogP contribution in [0, 0.1) is 0 Å². The molecule has 0 aliphatic carbocycles. The van der Waals surface area contributed by atoms with Gasteiger partial charge in [0.15, 0.2) is 17.7 Å². The number of aryl methyl sites for hydroxylation is 1. The van der Waals surface area contributed by atoms with Gasteiger partial charge in [-0.15, -0.1) is 0 Å². The summed E-state index contributed by atoms with van der Waals surface area (Å²) in [7, 11) is 0. The van der Waals surface area contributed by atoms with Crippen molar-refractivity contribution in [3.63, 3.8) is 0 Å². The average molecular weight is 573 g/mol. The van der Waals surface area contributed by atoms with Gasteiger partial charge in [-0.3, -0.25) is 9.59 Å². The van der Waals surface area contributed by atoms with Crippen LogP contribution >= 0.6 is 0 Å². The first-order valence-electron chi connectivity index (χ1n) is 14.6. The molecule has 0 amide bonds. The van der Waals surface area contributed by atoms with E-state index in [4.69, 9.17) is 14.2 Å². The summed E-state index contributed by atoms with van der Waals surface area (Å²) in [4.78, 5) is 49.4. The molecule has 0 aromatic heterocycles. The summed E-state index contributed by atoms with van der Waals surface area (Å²) in [6, 6.07) is 21.3. The lowest BCUT2D eigenvalue weighted by atomic mass is 9.98. The second kappa shape index (κ2) is 17.0. The molecule has 0 aliphatic rings. The van der Waals surface area contributed by atoms with Crippen LogP contribution in [0.1, 0.15) is 94.2 Å². The van der Waals surface area contributed by atoms with Crippen molar-refractivity contribution in [1.82, 2.24) is 0 Å². The maximum absolute atomic E-state index is 13.2. The summed E-state index contributed by atoms with van der Waals surface area (Å²) in [5.41, 5.74) is 3.86. The molecule has 0 saturated carbocycles. The highest BCUT2D eigenvalue weighted by Crippen LogP contribution is 2.17. The molecule has 0 aliphatic heterocycles. The maximum atomic E-state index is 13.2. The number of ether oxygens (including phenoxy) is 3. The fraction of sp³-hybridized carbons (Fsp3) is 0.371. The number of carbonyl (C=O) groups excluding carboxylic acids is 4. The van der Waals surface area contributed by atoms with Gasteiger partial charge in [0.1, 0.15) is 0 Å². The Morgan fingerprint density at radius 2 is 1.31 bits per heavy atom. The predicted molar refractivity (Wildman–Crippen MR) is 161 cm³/mol. The lowest BCUT2D eigenvalue weighted by Crippen LogP contribution is -2.29. The Labute approximate surface area is 248 Å². The van der Waals surface area contributed by atoms with Gasteiger partial charge in [0.05, 0.1) is 18.8 Å². The van der Waals surface area contributed by atoms with Crippen molar-refractivity contribution in [1.29, 1.82) is 0 Å². The molecule has 0 spiro atoms. The molecule has 42 heavy (non-hydrogen) atoms. The van der Waals surface area contributed by atoms with E-state index in [2.05, 4.69) is 0 Å². The lowest BCUT2D eigenvalue weighted by molar-refractivity contribution is -0.156. The van der Waals surface area contributed by atoms with Crippen molar-refractivity contribution < 1.29 is 33.4 Å². The van der Waals surface area contributed by atoms with E-state index in [1.807, 2.05) is 30.3 Å². The molecule has 0 radical (unpaired) electrons. The molecular weight excluding hydrogens is 532 g/mol. The zero-order valence-electron chi connectivity index (χ0n) is 24.7. The van der Waals surface area contributed by atoms with E-state index in [1.165, 1.54) is 11.6 Å². The van der Waals surface area contributed by atoms with Gasteiger partial charge in [-0.05, 0) is 69.4 Å². The van der Waals surface area contributed by atoms with Crippen molar-refractivity contribution in [2.24, 2.45) is 0 Å². The van der Waals surface area contributed by atoms with Crippen LogP contribution in [-0.2, 0) is 31.8 Å². The summed E-state index contributed by atoms with van der Waals surface area (Å²) in [5, 5.41) is 0. The molecule has 3 aromatic carbocycles. The summed E-state index contributed by atoms with van der Waals surface area (Å²) >= 11 is 0. The molecule has 0 heterocycles. The minimum atomic E-state index is -0.776. The second-order valence-corrected chi connectivity index (χ2v) is 10.1. The molecule has 222 valence electrons. The summed E-state index contributed by atoms with van der Waals surface area (Å²) in [5.74, 6) is -1.06. The van der Waals surface area contributed by atoms with Crippen LogP contribution in [0.4, 0.5) is 0 Å². The third-order valence-electron chi connectivity index (χ3n) is 6.83. The van der Waals surface area contributed by atoms with E-state index in [0.717, 1.165) is 43.2 Å². The fourth-order valence-corrected chi connectivity index (χ4v) is 4.58. The maximum Gasteiger partial charge on any atom is 0.338 e. The van der Waals surface area contributed by atoms with Gasteiger partial charge in [-0.25, -0.2) is 9.59 Å². The first-order valence-corrected chi connectivity index (χ1v) is 14.6. The normalized spacial score (nSPS) is 11.5. The van der Waals surface area contributed by atoms with Crippen LogP contribution in [0.15, 0.2) is 72.8 Å². The van der Waals surface area contributed by atoms with E-state index < -0.39 is 18.0 Å². The minimum absolute atomic E-state index is 0.0713. The fourth-order valence-electron chi connectivity index (χ4n) is 4.58. The number of ketones is 2. The second-order valence-electron chi connectivity index (χ2n) is 10.1. The van der Waals surface area contributed by atoms with Crippen LogP contribution in [0.5, 0.6) is 0 Å². The Bertz CT molecular complexity index is 1340. The third-order valence-corrected chi connectivity index (χ3v) is 6.83. The molecule has 3 rings (SSSR count). The zero-order chi connectivity index (χ0) is 30.3.